The quantitative estimate of drug-likeness (QED) is 0.887. The molecule has 0 aliphatic heterocycles. The molecule has 1 amide bonds. The van der Waals surface area contributed by atoms with Crippen molar-refractivity contribution in [1.82, 2.24) is 4.57 Å². The Kier molecular flexibility index (Phi) is 5.26. The maximum Gasteiger partial charge on any atom is 0.387 e. The minimum atomic E-state index is -2.88. The molecule has 2 aromatic rings. The number of aryl methyl sites for hydroxylation is 1. The minimum absolute atomic E-state index is 0.0217. The molecule has 0 radical (unpaired) electrons. The number of carbonyl (C=O) groups excluding carboxylic acids is 1. The first-order valence-corrected chi connectivity index (χ1v) is 7.33. The summed E-state index contributed by atoms with van der Waals surface area (Å²) in [4.78, 5) is 23.2. The summed E-state index contributed by atoms with van der Waals surface area (Å²) < 4.78 is 29.8. The van der Waals surface area contributed by atoms with Crippen molar-refractivity contribution in [2.24, 2.45) is 0 Å². The van der Waals surface area contributed by atoms with Gasteiger partial charge in [-0.25, -0.2) is 0 Å². The van der Waals surface area contributed by atoms with E-state index in [9.17, 15) is 18.4 Å². The molecule has 0 aliphatic carbocycles. The van der Waals surface area contributed by atoms with E-state index in [1.807, 2.05) is 0 Å². The highest BCUT2D eigenvalue weighted by molar-refractivity contribution is 7.07. The molecule has 1 aromatic carbocycles. The number of benzene rings is 1. The van der Waals surface area contributed by atoms with E-state index in [4.69, 9.17) is 0 Å². The maximum absolute atomic E-state index is 12.0. The molecule has 22 heavy (non-hydrogen) atoms. The Morgan fingerprint density at radius 3 is 2.59 bits per heavy atom. The van der Waals surface area contributed by atoms with Crippen molar-refractivity contribution in [2.45, 2.75) is 26.5 Å². The molecule has 0 fully saturated rings. The zero-order chi connectivity index (χ0) is 16.1. The van der Waals surface area contributed by atoms with Crippen LogP contribution in [0.1, 0.15) is 12.1 Å². The van der Waals surface area contributed by atoms with Gasteiger partial charge in [0.05, 0.1) is 0 Å². The Hall–Kier alpha value is -2.22. The smallest absolute Gasteiger partial charge is 0.387 e. The number of carbonyl (C=O) groups is 1. The summed E-state index contributed by atoms with van der Waals surface area (Å²) in [5.41, 5.74) is 1.29. The monoisotopic (exact) mass is 328 g/mol. The van der Waals surface area contributed by atoms with E-state index in [0.717, 1.165) is 17.0 Å². The maximum atomic E-state index is 12.0. The average molecular weight is 328 g/mol. The molecular weight excluding hydrogens is 314 g/mol. The van der Waals surface area contributed by atoms with Gasteiger partial charge in [0.25, 0.3) is 0 Å². The Morgan fingerprint density at radius 2 is 2.05 bits per heavy atom. The number of nitrogens with one attached hydrogen (secondary N) is 1. The molecule has 5 nitrogen and oxygen atoms in total. The van der Waals surface area contributed by atoms with Crippen molar-refractivity contribution in [1.29, 1.82) is 0 Å². The fourth-order valence-corrected chi connectivity index (χ4v) is 2.59. The largest absolute Gasteiger partial charge is 0.435 e. The highest BCUT2D eigenvalue weighted by Gasteiger charge is 2.08. The molecule has 8 heteroatoms. The summed E-state index contributed by atoms with van der Waals surface area (Å²) in [5.74, 6) is -0.242. The number of nitrogens with zero attached hydrogens (tertiary/aromatic N) is 1. The van der Waals surface area contributed by atoms with Crippen LogP contribution in [0.5, 0.6) is 5.75 Å². The van der Waals surface area contributed by atoms with Gasteiger partial charge < -0.3 is 14.6 Å². The lowest BCUT2D eigenvalue weighted by atomic mass is 10.3. The molecule has 0 saturated heterocycles. The Labute approximate surface area is 129 Å². The molecule has 0 atom stereocenters. The third kappa shape index (κ3) is 4.39. The lowest BCUT2D eigenvalue weighted by Crippen LogP contribution is -2.20. The number of thiazole rings is 1. The zero-order valence-electron chi connectivity index (χ0n) is 11.7. The Balaban J connectivity index is 1.88. The van der Waals surface area contributed by atoms with Crippen LogP contribution in [-0.4, -0.2) is 17.1 Å². The van der Waals surface area contributed by atoms with E-state index >= 15 is 0 Å². The average Bonchev–Trinajstić information content (AvgIpc) is 2.77. The van der Waals surface area contributed by atoms with Crippen LogP contribution in [0.2, 0.25) is 0 Å². The number of alkyl halides is 2. The number of halogens is 2. The molecule has 1 aromatic heterocycles. The number of aromatic nitrogens is 1. The van der Waals surface area contributed by atoms with Gasteiger partial charge in [0.2, 0.25) is 5.91 Å². The normalized spacial score (nSPS) is 10.7. The lowest BCUT2D eigenvalue weighted by molar-refractivity contribution is -0.116. The SMILES string of the molecule is Cc1csc(=O)n1CCC(=O)Nc1ccc(OC(F)F)cc1. The molecule has 0 saturated carbocycles. The zero-order valence-corrected chi connectivity index (χ0v) is 12.5. The van der Waals surface area contributed by atoms with Crippen molar-refractivity contribution >= 4 is 22.9 Å². The van der Waals surface area contributed by atoms with Gasteiger partial charge in [0.1, 0.15) is 5.75 Å². The third-order valence-corrected chi connectivity index (χ3v) is 3.78. The fourth-order valence-electron chi connectivity index (χ4n) is 1.83. The number of hydrogen-bond acceptors (Lipinski definition) is 4. The number of amides is 1. The highest BCUT2D eigenvalue weighted by Crippen LogP contribution is 2.17. The first kappa shape index (κ1) is 16.2. The lowest BCUT2D eigenvalue weighted by Gasteiger charge is -2.08. The number of rotatable bonds is 6. The van der Waals surface area contributed by atoms with E-state index in [1.165, 1.54) is 28.8 Å². The number of anilines is 1. The van der Waals surface area contributed by atoms with Gasteiger partial charge in [0, 0.05) is 29.7 Å². The summed E-state index contributed by atoms with van der Waals surface area (Å²) in [6.45, 7) is -0.781. The van der Waals surface area contributed by atoms with Gasteiger partial charge >= 0.3 is 11.5 Å². The second-order valence-corrected chi connectivity index (χ2v) is 5.32. The van der Waals surface area contributed by atoms with Crippen LogP contribution >= 0.6 is 11.3 Å². The molecule has 0 bridgehead atoms. The van der Waals surface area contributed by atoms with Crippen molar-refractivity contribution in [3.63, 3.8) is 0 Å². The van der Waals surface area contributed by atoms with E-state index in [2.05, 4.69) is 10.1 Å². The van der Waals surface area contributed by atoms with Crippen LogP contribution < -0.4 is 14.9 Å². The molecule has 1 N–H and O–H groups in total. The van der Waals surface area contributed by atoms with Gasteiger partial charge in [0.15, 0.2) is 0 Å². The second kappa shape index (κ2) is 7.17. The number of hydrogen-bond donors (Lipinski definition) is 1. The summed E-state index contributed by atoms with van der Waals surface area (Å²) in [6.07, 6.45) is 0.146. The van der Waals surface area contributed by atoms with E-state index in [-0.39, 0.29) is 23.0 Å². The molecule has 0 aliphatic rings. The standard InChI is InChI=1S/C14H14F2N2O3S/c1-9-8-22-14(20)18(9)7-6-12(19)17-10-2-4-11(5-3-10)21-13(15)16/h2-5,8,13H,6-7H2,1H3,(H,17,19). The minimum Gasteiger partial charge on any atom is -0.435 e. The van der Waals surface area contributed by atoms with Crippen molar-refractivity contribution in [3.05, 3.63) is 45.0 Å². The van der Waals surface area contributed by atoms with Crippen LogP contribution in [0.3, 0.4) is 0 Å². The van der Waals surface area contributed by atoms with Crippen molar-refractivity contribution in [3.8, 4) is 5.75 Å². The fraction of sp³-hybridized carbons (Fsp3) is 0.286. The van der Waals surface area contributed by atoms with Crippen LogP contribution in [0.4, 0.5) is 14.5 Å². The van der Waals surface area contributed by atoms with Crippen LogP contribution in [-0.2, 0) is 11.3 Å². The van der Waals surface area contributed by atoms with E-state index in [1.54, 1.807) is 12.3 Å². The Bertz CT molecular complexity index is 695. The molecule has 0 unspecified atom stereocenters. The third-order valence-electron chi connectivity index (χ3n) is 2.90. The predicted octanol–water partition coefficient (Wildman–Crippen LogP) is 2.85. The van der Waals surface area contributed by atoms with Gasteiger partial charge in [-0.05, 0) is 31.2 Å². The van der Waals surface area contributed by atoms with Gasteiger partial charge in [-0.1, -0.05) is 11.3 Å². The summed E-state index contributed by atoms with van der Waals surface area (Å²) in [6, 6.07) is 5.62. The molecule has 1 heterocycles. The topological polar surface area (TPSA) is 60.3 Å². The summed E-state index contributed by atoms with van der Waals surface area (Å²) in [7, 11) is 0. The van der Waals surface area contributed by atoms with Gasteiger partial charge in [-0.3, -0.25) is 9.59 Å². The summed E-state index contributed by atoms with van der Waals surface area (Å²) >= 11 is 1.09. The summed E-state index contributed by atoms with van der Waals surface area (Å²) in [5, 5.41) is 4.37. The van der Waals surface area contributed by atoms with E-state index < -0.39 is 6.61 Å². The Morgan fingerprint density at radius 1 is 1.36 bits per heavy atom. The molecule has 2 rings (SSSR count). The van der Waals surface area contributed by atoms with Crippen molar-refractivity contribution < 1.29 is 18.3 Å². The van der Waals surface area contributed by atoms with Gasteiger partial charge in [-0.15, -0.1) is 0 Å². The molecule has 0 spiro atoms. The highest BCUT2D eigenvalue weighted by atomic mass is 32.1. The van der Waals surface area contributed by atoms with Crippen LogP contribution in [0, 0.1) is 6.92 Å². The molecule has 118 valence electrons. The predicted molar refractivity (Wildman–Crippen MR) is 79.6 cm³/mol. The van der Waals surface area contributed by atoms with Crippen LogP contribution in [0.15, 0.2) is 34.4 Å². The van der Waals surface area contributed by atoms with E-state index in [0.29, 0.717) is 12.2 Å². The van der Waals surface area contributed by atoms with Crippen molar-refractivity contribution in [2.75, 3.05) is 5.32 Å². The number of ether oxygens (including phenoxy) is 1. The first-order valence-electron chi connectivity index (χ1n) is 6.45. The van der Waals surface area contributed by atoms with Gasteiger partial charge in [-0.2, -0.15) is 8.78 Å². The van der Waals surface area contributed by atoms with Crippen LogP contribution in [0.25, 0.3) is 0 Å². The second-order valence-electron chi connectivity index (χ2n) is 4.50. The molecular formula is C14H14F2N2O3S. The first-order chi connectivity index (χ1) is 10.5.